The average Bonchev–Trinajstić information content (AvgIpc) is 2.84. The van der Waals surface area contributed by atoms with Crippen LogP contribution in [0.1, 0.15) is 17.2 Å². The zero-order valence-electron chi connectivity index (χ0n) is 11.0. The number of hydrogen-bond acceptors (Lipinski definition) is 5. The van der Waals surface area contributed by atoms with Gasteiger partial charge in [-0.2, -0.15) is 13.2 Å². The van der Waals surface area contributed by atoms with E-state index in [0.29, 0.717) is 31.3 Å². The lowest BCUT2D eigenvalue weighted by Gasteiger charge is -2.27. The van der Waals surface area contributed by atoms with Gasteiger partial charge in [0.2, 0.25) is 5.82 Å². The molecule has 0 atom stereocenters. The van der Waals surface area contributed by atoms with Crippen LogP contribution in [0.15, 0.2) is 18.3 Å². The highest BCUT2D eigenvalue weighted by Gasteiger charge is 2.39. The van der Waals surface area contributed by atoms with Crippen molar-refractivity contribution in [2.75, 3.05) is 12.3 Å². The van der Waals surface area contributed by atoms with E-state index >= 15 is 0 Å². The molecule has 0 amide bonds. The van der Waals surface area contributed by atoms with Crippen LogP contribution in [0.2, 0.25) is 0 Å². The van der Waals surface area contributed by atoms with Gasteiger partial charge in [-0.1, -0.05) is 6.07 Å². The van der Waals surface area contributed by atoms with Crippen molar-refractivity contribution in [3.05, 3.63) is 35.5 Å². The van der Waals surface area contributed by atoms with Crippen molar-refractivity contribution in [3.63, 3.8) is 0 Å². The molecule has 1 aliphatic rings. The topological polar surface area (TPSA) is 72.9 Å². The normalized spacial score (nSPS) is 16.0. The zero-order chi connectivity index (χ0) is 15.0. The van der Waals surface area contributed by atoms with Gasteiger partial charge in [0.15, 0.2) is 0 Å². The quantitative estimate of drug-likeness (QED) is 0.904. The maximum absolute atomic E-state index is 12.7. The van der Waals surface area contributed by atoms with E-state index in [0.717, 1.165) is 10.1 Å². The van der Waals surface area contributed by atoms with E-state index in [4.69, 9.17) is 5.73 Å². The van der Waals surface area contributed by atoms with Gasteiger partial charge in [-0.25, -0.2) is 4.98 Å². The summed E-state index contributed by atoms with van der Waals surface area (Å²) in [5.41, 5.74) is 6.47. The summed E-state index contributed by atoms with van der Waals surface area (Å²) in [5, 5.41) is 6.90. The van der Waals surface area contributed by atoms with E-state index in [2.05, 4.69) is 15.2 Å². The van der Waals surface area contributed by atoms with Crippen molar-refractivity contribution in [1.82, 2.24) is 24.6 Å². The minimum Gasteiger partial charge on any atom is -0.384 e. The maximum Gasteiger partial charge on any atom is 0.451 e. The molecule has 6 nitrogen and oxygen atoms in total. The van der Waals surface area contributed by atoms with Gasteiger partial charge in [-0.3, -0.25) is 4.90 Å². The first-order valence-corrected chi connectivity index (χ1v) is 6.35. The molecule has 0 saturated carbocycles. The van der Waals surface area contributed by atoms with Crippen molar-refractivity contribution in [2.45, 2.75) is 25.8 Å². The Hall–Kier alpha value is -2.16. The maximum atomic E-state index is 12.7. The number of anilines is 1. The first-order valence-electron chi connectivity index (χ1n) is 6.35. The average molecular weight is 298 g/mol. The van der Waals surface area contributed by atoms with E-state index < -0.39 is 12.0 Å². The van der Waals surface area contributed by atoms with Crippen LogP contribution < -0.4 is 5.73 Å². The number of nitrogens with two attached hydrogens (primary N) is 1. The number of nitrogens with zero attached hydrogens (tertiary/aromatic N) is 5. The fourth-order valence-electron chi connectivity index (χ4n) is 2.34. The van der Waals surface area contributed by atoms with Crippen LogP contribution in [0, 0.1) is 0 Å². The highest BCUT2D eigenvalue weighted by molar-refractivity contribution is 5.29. The molecule has 9 heteroatoms. The Labute approximate surface area is 118 Å². The van der Waals surface area contributed by atoms with Crippen LogP contribution >= 0.6 is 0 Å². The summed E-state index contributed by atoms with van der Waals surface area (Å²) in [4.78, 5) is 5.99. The summed E-state index contributed by atoms with van der Waals surface area (Å²) >= 11 is 0. The fourth-order valence-corrected chi connectivity index (χ4v) is 2.34. The number of hydrogen-bond donors (Lipinski definition) is 1. The van der Waals surface area contributed by atoms with Crippen LogP contribution in [0.3, 0.4) is 0 Å². The van der Waals surface area contributed by atoms with Crippen LogP contribution in [-0.2, 0) is 25.8 Å². The molecule has 2 aromatic heterocycles. The Balaban J connectivity index is 1.73. The van der Waals surface area contributed by atoms with Crippen molar-refractivity contribution >= 4 is 5.82 Å². The first kappa shape index (κ1) is 13.8. The molecule has 3 rings (SSSR count). The summed E-state index contributed by atoms with van der Waals surface area (Å²) in [6.07, 6.45) is -2.80. The molecule has 2 N–H and O–H groups in total. The predicted octanol–water partition coefficient (Wildman–Crippen LogP) is 1.29. The molecule has 0 aliphatic carbocycles. The number of pyridine rings is 1. The van der Waals surface area contributed by atoms with E-state index in [9.17, 15) is 13.2 Å². The van der Waals surface area contributed by atoms with Gasteiger partial charge in [0.25, 0.3) is 0 Å². The number of rotatable bonds is 2. The second kappa shape index (κ2) is 4.99. The molecule has 112 valence electrons. The highest BCUT2D eigenvalue weighted by Crippen LogP contribution is 2.29. The van der Waals surface area contributed by atoms with Crippen LogP contribution in [0.4, 0.5) is 19.0 Å². The number of halogens is 3. The Morgan fingerprint density at radius 1 is 1.19 bits per heavy atom. The predicted molar refractivity (Wildman–Crippen MR) is 67.8 cm³/mol. The van der Waals surface area contributed by atoms with E-state index in [-0.39, 0.29) is 6.54 Å². The van der Waals surface area contributed by atoms with Gasteiger partial charge in [-0.05, 0) is 11.6 Å². The molecule has 3 heterocycles. The molecule has 0 aromatic carbocycles. The van der Waals surface area contributed by atoms with Crippen LogP contribution in [-0.4, -0.2) is 31.2 Å². The third-order valence-corrected chi connectivity index (χ3v) is 3.34. The van der Waals surface area contributed by atoms with E-state index in [1.807, 2.05) is 11.0 Å². The molecule has 0 spiro atoms. The summed E-state index contributed by atoms with van der Waals surface area (Å²) < 4.78 is 39.3. The van der Waals surface area contributed by atoms with Gasteiger partial charge < -0.3 is 10.3 Å². The lowest BCUT2D eigenvalue weighted by molar-refractivity contribution is -0.148. The van der Waals surface area contributed by atoms with Gasteiger partial charge in [0.05, 0.1) is 6.54 Å². The zero-order valence-corrected chi connectivity index (χ0v) is 11.0. The summed E-state index contributed by atoms with van der Waals surface area (Å²) in [5.74, 6) is -0.157. The highest BCUT2D eigenvalue weighted by atomic mass is 19.4. The first-order chi connectivity index (χ1) is 9.93. The Kier molecular flexibility index (Phi) is 3.28. The van der Waals surface area contributed by atoms with Gasteiger partial charge >= 0.3 is 6.18 Å². The second-order valence-corrected chi connectivity index (χ2v) is 4.89. The third kappa shape index (κ3) is 2.82. The smallest absolute Gasteiger partial charge is 0.384 e. The summed E-state index contributed by atoms with van der Waals surface area (Å²) in [7, 11) is 0. The van der Waals surface area contributed by atoms with E-state index in [1.165, 1.54) is 0 Å². The number of alkyl halides is 3. The lowest BCUT2D eigenvalue weighted by atomic mass is 10.2. The molecule has 1 aliphatic heterocycles. The minimum absolute atomic E-state index is 0.222. The fraction of sp³-hybridized carbons (Fsp3) is 0.417. The van der Waals surface area contributed by atoms with Crippen LogP contribution in [0.5, 0.6) is 0 Å². The van der Waals surface area contributed by atoms with Gasteiger partial charge in [-0.15, -0.1) is 10.2 Å². The van der Waals surface area contributed by atoms with Crippen LogP contribution in [0.25, 0.3) is 0 Å². The van der Waals surface area contributed by atoms with Crippen molar-refractivity contribution in [2.24, 2.45) is 0 Å². The molecular formula is C12H13F3N6. The molecule has 0 saturated heterocycles. The Bertz CT molecular complexity index is 633. The number of fused-ring (bicyclic) bond motifs is 1. The van der Waals surface area contributed by atoms with Gasteiger partial charge in [0.1, 0.15) is 11.6 Å². The molecule has 0 fully saturated rings. The molecule has 0 unspecified atom stereocenters. The summed E-state index contributed by atoms with van der Waals surface area (Å²) in [6.45, 7) is 1.63. The molecule has 0 bridgehead atoms. The van der Waals surface area contributed by atoms with E-state index in [1.54, 1.807) is 12.3 Å². The number of nitrogen functional groups attached to an aromatic ring is 1. The monoisotopic (exact) mass is 298 g/mol. The van der Waals surface area contributed by atoms with Crippen molar-refractivity contribution < 1.29 is 13.2 Å². The largest absolute Gasteiger partial charge is 0.451 e. The van der Waals surface area contributed by atoms with Crippen molar-refractivity contribution in [1.29, 1.82) is 0 Å². The minimum atomic E-state index is -4.46. The second-order valence-electron chi connectivity index (χ2n) is 4.89. The molecule has 2 aromatic rings. The Morgan fingerprint density at radius 2 is 2.00 bits per heavy atom. The molecule has 21 heavy (non-hydrogen) atoms. The lowest BCUT2D eigenvalue weighted by Crippen LogP contribution is -2.34. The Morgan fingerprint density at radius 3 is 2.67 bits per heavy atom. The third-order valence-electron chi connectivity index (χ3n) is 3.34. The summed E-state index contributed by atoms with van der Waals surface area (Å²) in [6, 6.07) is 3.55. The van der Waals surface area contributed by atoms with Gasteiger partial charge in [0, 0.05) is 25.8 Å². The molecule has 0 radical (unpaired) electrons. The standard InChI is InChI=1S/C12H13F3N6/c13-12(14,15)11-19-18-10-7-20(3-4-21(10)11)6-8-1-2-9(16)17-5-8/h1-2,5H,3-4,6-7H2,(H2,16,17). The number of aromatic nitrogens is 4. The van der Waals surface area contributed by atoms with Crippen molar-refractivity contribution in [3.8, 4) is 0 Å². The molecular weight excluding hydrogens is 285 g/mol. The SMILES string of the molecule is Nc1ccc(CN2CCn3c(nnc3C(F)(F)F)C2)cn1.